The van der Waals surface area contributed by atoms with Crippen LogP contribution in [0.15, 0.2) is 48.5 Å². The second-order valence-electron chi connectivity index (χ2n) is 18.4. The number of imide groups is 2. The summed E-state index contributed by atoms with van der Waals surface area (Å²) in [6.07, 6.45) is 7.64. The van der Waals surface area contributed by atoms with Crippen molar-refractivity contribution < 1.29 is 28.8 Å². The second-order valence-corrected chi connectivity index (χ2v) is 18.4. The Hall–Kier alpha value is -6.13. The van der Waals surface area contributed by atoms with E-state index in [1.54, 1.807) is 18.2 Å². The van der Waals surface area contributed by atoms with Crippen molar-refractivity contribution in [2.75, 3.05) is 44.2 Å². The van der Waals surface area contributed by atoms with Crippen molar-refractivity contribution >= 4 is 51.9 Å². The van der Waals surface area contributed by atoms with Gasteiger partial charge in [0, 0.05) is 91.4 Å². The first-order valence-corrected chi connectivity index (χ1v) is 22.8. The molecular formula is C50H55N7O6. The van der Waals surface area contributed by atoms with Crippen LogP contribution in [0.3, 0.4) is 0 Å². The number of hydrogen-bond acceptors (Lipinski definition) is 9. The quantitative estimate of drug-likeness (QED) is 0.132. The van der Waals surface area contributed by atoms with Crippen molar-refractivity contribution in [1.82, 2.24) is 25.0 Å². The molecule has 5 amide bonds. The number of amides is 5. The second kappa shape index (κ2) is 16.9. The number of rotatable bonds is 11. The molecule has 9 rings (SSSR count). The Morgan fingerprint density at radius 1 is 0.825 bits per heavy atom. The standard InChI is InChI=1S/C50H55N7O6/c1-4-31-27-36-37(50(2,3)46-44(45(36)60)34-15-14-30(29-51)26-38(34)52-46)28-40(31)55-20-18-33(19-21-55)54-22-24-56(25-23-54)42(59)13-8-6-5-7-10-32-11-9-12-35-43(32)49(63)57(48(35)62)39-16-17-41(58)53-47(39)61/h9,11-12,14-15,26-28,33,39,52H,4-8,10,13,16-25H2,1-3H3,(H,53,58,61). The Bertz CT molecular complexity index is 2600. The van der Waals surface area contributed by atoms with E-state index in [0.717, 1.165) is 122 Å². The number of aryl methyl sites for hydroxylation is 2. The monoisotopic (exact) mass is 849 g/mol. The summed E-state index contributed by atoms with van der Waals surface area (Å²) in [5, 5.41) is 12.6. The minimum atomic E-state index is -0.980. The summed E-state index contributed by atoms with van der Waals surface area (Å²) in [5.41, 5.74) is 8.24. The molecule has 4 aliphatic heterocycles. The first-order chi connectivity index (χ1) is 30.4. The topological polar surface area (TPSA) is 167 Å². The zero-order valence-electron chi connectivity index (χ0n) is 36.5. The maximum atomic E-state index is 14.1. The van der Waals surface area contributed by atoms with E-state index in [2.05, 4.69) is 59.1 Å². The van der Waals surface area contributed by atoms with Crippen LogP contribution in [0.5, 0.6) is 0 Å². The average molecular weight is 850 g/mol. The lowest BCUT2D eigenvalue weighted by molar-refractivity contribution is -0.136. The summed E-state index contributed by atoms with van der Waals surface area (Å²) in [7, 11) is 0. The molecule has 5 aliphatic rings. The predicted molar refractivity (Wildman–Crippen MR) is 238 cm³/mol. The van der Waals surface area contributed by atoms with Gasteiger partial charge in [0.05, 0.1) is 28.3 Å². The van der Waals surface area contributed by atoms with Crippen LogP contribution in [0, 0.1) is 11.3 Å². The van der Waals surface area contributed by atoms with E-state index < -0.39 is 35.1 Å². The molecule has 5 heterocycles. The smallest absolute Gasteiger partial charge is 0.262 e. The first kappa shape index (κ1) is 42.2. The van der Waals surface area contributed by atoms with Crippen molar-refractivity contribution in [3.63, 3.8) is 0 Å². The Morgan fingerprint density at radius 3 is 2.32 bits per heavy atom. The number of aromatic amines is 1. The summed E-state index contributed by atoms with van der Waals surface area (Å²) in [4.78, 5) is 89.7. The van der Waals surface area contributed by atoms with Crippen molar-refractivity contribution in [2.45, 2.75) is 109 Å². The Morgan fingerprint density at radius 2 is 1.59 bits per heavy atom. The molecule has 1 atom stereocenters. The van der Waals surface area contributed by atoms with E-state index in [-0.39, 0.29) is 24.5 Å². The highest BCUT2D eigenvalue weighted by Gasteiger charge is 2.46. The maximum absolute atomic E-state index is 14.1. The number of nitrogens with one attached hydrogen (secondary N) is 2. The number of anilines is 1. The SMILES string of the molecule is CCc1cc2c(cc1N1CCC(N3CCN(C(=O)CCCCCCc4cccc5c4C(=O)N(C4CCC(=O)NC4=O)C5=O)CC3)CC1)C(C)(C)c1[nH]c3cc(C#N)ccc3c1C2=O. The summed E-state index contributed by atoms with van der Waals surface area (Å²) in [6.45, 7) is 11.6. The molecule has 1 unspecified atom stereocenters. The number of piperazine rings is 1. The number of carbonyl (C=O) groups is 6. The van der Waals surface area contributed by atoms with Crippen molar-refractivity contribution in [2.24, 2.45) is 0 Å². The van der Waals surface area contributed by atoms with Gasteiger partial charge in [-0.3, -0.25) is 43.9 Å². The fourth-order valence-corrected chi connectivity index (χ4v) is 10.9. The molecule has 2 N–H and O–H groups in total. The highest BCUT2D eigenvalue weighted by molar-refractivity contribution is 6.24. The summed E-state index contributed by atoms with van der Waals surface area (Å²) in [6, 6.07) is 16.9. The van der Waals surface area contributed by atoms with Gasteiger partial charge in [-0.15, -0.1) is 0 Å². The molecular weight excluding hydrogens is 795 g/mol. The van der Waals surface area contributed by atoms with Crippen LogP contribution in [-0.4, -0.2) is 106 Å². The highest BCUT2D eigenvalue weighted by Crippen LogP contribution is 2.46. The molecule has 3 fully saturated rings. The largest absolute Gasteiger partial charge is 0.371 e. The zero-order valence-corrected chi connectivity index (χ0v) is 36.5. The minimum Gasteiger partial charge on any atom is -0.371 e. The van der Waals surface area contributed by atoms with Crippen molar-refractivity contribution in [3.8, 4) is 6.07 Å². The number of carbonyl (C=O) groups excluding carboxylic acids is 6. The van der Waals surface area contributed by atoms with E-state index in [4.69, 9.17) is 0 Å². The average Bonchev–Trinajstić information content (AvgIpc) is 3.81. The molecule has 3 aromatic carbocycles. The van der Waals surface area contributed by atoms with Crippen LogP contribution in [0.2, 0.25) is 0 Å². The molecule has 63 heavy (non-hydrogen) atoms. The van der Waals surface area contributed by atoms with E-state index in [0.29, 0.717) is 41.1 Å². The lowest BCUT2D eigenvalue weighted by atomic mass is 9.70. The van der Waals surface area contributed by atoms with Gasteiger partial charge in [-0.2, -0.15) is 5.26 Å². The number of aromatic nitrogens is 1. The van der Waals surface area contributed by atoms with Gasteiger partial charge in [-0.05, 0) is 92.0 Å². The number of nitriles is 1. The van der Waals surface area contributed by atoms with Crippen LogP contribution < -0.4 is 10.2 Å². The Balaban J connectivity index is 0.733. The summed E-state index contributed by atoms with van der Waals surface area (Å²) < 4.78 is 0. The number of hydrogen-bond donors (Lipinski definition) is 2. The first-order valence-electron chi connectivity index (χ1n) is 22.8. The Labute approximate surface area is 367 Å². The van der Waals surface area contributed by atoms with Crippen LogP contribution >= 0.6 is 0 Å². The molecule has 4 aromatic rings. The van der Waals surface area contributed by atoms with Crippen LogP contribution in [0.1, 0.15) is 143 Å². The van der Waals surface area contributed by atoms with Gasteiger partial charge in [-0.1, -0.05) is 51.8 Å². The normalized spacial score (nSPS) is 20.2. The molecule has 0 bridgehead atoms. The van der Waals surface area contributed by atoms with E-state index >= 15 is 0 Å². The van der Waals surface area contributed by atoms with Gasteiger partial charge in [0.15, 0.2) is 5.78 Å². The van der Waals surface area contributed by atoms with E-state index in [9.17, 15) is 34.0 Å². The van der Waals surface area contributed by atoms with Crippen LogP contribution in [-0.2, 0) is 32.6 Å². The minimum absolute atomic E-state index is 0.0402. The number of H-pyrrole nitrogens is 1. The molecule has 1 aromatic heterocycles. The lowest BCUT2D eigenvalue weighted by Crippen LogP contribution is -2.54. The number of unbranched alkanes of at least 4 members (excludes halogenated alkanes) is 3. The molecule has 1 aliphatic carbocycles. The summed E-state index contributed by atoms with van der Waals surface area (Å²) in [5.74, 6) is -1.73. The third-order valence-electron chi connectivity index (χ3n) is 14.4. The fraction of sp³-hybridized carbons (Fsp3) is 0.460. The van der Waals surface area contributed by atoms with Crippen molar-refractivity contribution in [3.05, 3.63) is 98.7 Å². The predicted octanol–water partition coefficient (Wildman–Crippen LogP) is 6.18. The van der Waals surface area contributed by atoms with Gasteiger partial charge in [-0.25, -0.2) is 0 Å². The van der Waals surface area contributed by atoms with Crippen molar-refractivity contribution in [1.29, 1.82) is 5.26 Å². The van der Waals surface area contributed by atoms with Gasteiger partial charge in [0.1, 0.15) is 6.04 Å². The molecule has 326 valence electrons. The molecule has 13 nitrogen and oxygen atoms in total. The highest BCUT2D eigenvalue weighted by atomic mass is 16.2. The van der Waals surface area contributed by atoms with Crippen LogP contribution in [0.4, 0.5) is 5.69 Å². The van der Waals surface area contributed by atoms with E-state index in [1.807, 2.05) is 23.1 Å². The number of nitrogens with zero attached hydrogens (tertiary/aromatic N) is 5. The van der Waals surface area contributed by atoms with Gasteiger partial charge < -0.3 is 14.8 Å². The maximum Gasteiger partial charge on any atom is 0.262 e. The number of ketones is 1. The molecule has 13 heteroatoms. The third kappa shape index (κ3) is 7.52. The van der Waals surface area contributed by atoms with Crippen LogP contribution in [0.25, 0.3) is 10.9 Å². The van der Waals surface area contributed by atoms with Gasteiger partial charge in [0.25, 0.3) is 11.8 Å². The lowest BCUT2D eigenvalue weighted by Gasteiger charge is -2.44. The molecule has 0 spiro atoms. The van der Waals surface area contributed by atoms with E-state index in [1.165, 1.54) is 11.3 Å². The Kier molecular flexibility index (Phi) is 11.3. The molecule has 0 saturated carbocycles. The fourth-order valence-electron chi connectivity index (χ4n) is 10.9. The third-order valence-corrected chi connectivity index (χ3v) is 14.4. The number of fused-ring (bicyclic) bond motifs is 5. The number of benzene rings is 3. The zero-order chi connectivity index (χ0) is 44.2. The van der Waals surface area contributed by atoms with Gasteiger partial charge >= 0.3 is 0 Å². The van der Waals surface area contributed by atoms with Gasteiger partial charge in [0.2, 0.25) is 17.7 Å². The summed E-state index contributed by atoms with van der Waals surface area (Å²) >= 11 is 0. The molecule has 3 saturated heterocycles. The molecule has 0 radical (unpaired) electrons. The number of piperidine rings is 2.